The van der Waals surface area contributed by atoms with Crippen molar-refractivity contribution in [2.24, 2.45) is 5.10 Å². The monoisotopic (exact) mass is 390 g/mol. The summed E-state index contributed by atoms with van der Waals surface area (Å²) in [6, 6.07) is 15.3. The van der Waals surface area contributed by atoms with Crippen molar-refractivity contribution >= 4 is 29.4 Å². The number of carboxylic acids is 1. The Balaban J connectivity index is 1.61. The summed E-state index contributed by atoms with van der Waals surface area (Å²) in [7, 11) is 0. The van der Waals surface area contributed by atoms with Crippen molar-refractivity contribution in [2.75, 3.05) is 5.01 Å². The Kier molecular flexibility index (Phi) is 4.56. The quantitative estimate of drug-likeness (QED) is 0.661. The van der Waals surface area contributed by atoms with Crippen molar-refractivity contribution in [2.45, 2.75) is 6.92 Å². The van der Waals surface area contributed by atoms with Crippen molar-refractivity contribution in [3.8, 4) is 11.3 Å². The molecule has 4 rings (SSSR count). The highest BCUT2D eigenvalue weighted by atomic mass is 19.1. The summed E-state index contributed by atoms with van der Waals surface area (Å²) in [6.07, 6.45) is 1.58. The number of furan rings is 1. The first-order valence-electron chi connectivity index (χ1n) is 8.73. The van der Waals surface area contributed by atoms with Gasteiger partial charge in [-0.15, -0.1) is 0 Å². The van der Waals surface area contributed by atoms with Gasteiger partial charge in [-0.1, -0.05) is 12.1 Å². The second-order valence-corrected chi connectivity index (χ2v) is 6.42. The van der Waals surface area contributed by atoms with E-state index in [4.69, 9.17) is 9.52 Å². The zero-order chi connectivity index (χ0) is 20.5. The number of nitrogens with zero attached hydrogens (tertiary/aromatic N) is 2. The van der Waals surface area contributed by atoms with Crippen LogP contribution in [0.4, 0.5) is 10.1 Å². The number of benzene rings is 2. The van der Waals surface area contributed by atoms with Crippen LogP contribution in [-0.4, -0.2) is 22.7 Å². The minimum Gasteiger partial charge on any atom is -0.478 e. The first-order valence-corrected chi connectivity index (χ1v) is 8.73. The molecule has 144 valence electrons. The lowest BCUT2D eigenvalue weighted by Crippen LogP contribution is -2.21. The lowest BCUT2D eigenvalue weighted by atomic mass is 10.1. The number of halogens is 1. The van der Waals surface area contributed by atoms with E-state index in [2.05, 4.69) is 5.10 Å². The molecule has 0 unspecified atom stereocenters. The molecule has 0 radical (unpaired) electrons. The van der Waals surface area contributed by atoms with E-state index >= 15 is 0 Å². The van der Waals surface area contributed by atoms with Crippen LogP contribution >= 0.6 is 0 Å². The second kappa shape index (κ2) is 7.20. The van der Waals surface area contributed by atoms with E-state index in [0.717, 1.165) is 0 Å². The largest absolute Gasteiger partial charge is 0.478 e. The number of hydrogen-bond donors (Lipinski definition) is 1. The van der Waals surface area contributed by atoms with E-state index in [0.29, 0.717) is 34.1 Å². The molecule has 0 spiro atoms. The van der Waals surface area contributed by atoms with Crippen LogP contribution in [0.2, 0.25) is 0 Å². The van der Waals surface area contributed by atoms with Gasteiger partial charge in [-0.2, -0.15) is 10.1 Å². The number of rotatable bonds is 4. The molecule has 1 aromatic heterocycles. The maximum Gasteiger partial charge on any atom is 0.335 e. The Morgan fingerprint density at radius 1 is 1.14 bits per heavy atom. The third-order valence-electron chi connectivity index (χ3n) is 4.44. The van der Waals surface area contributed by atoms with Crippen molar-refractivity contribution in [3.63, 3.8) is 0 Å². The summed E-state index contributed by atoms with van der Waals surface area (Å²) >= 11 is 0. The maximum absolute atomic E-state index is 13.1. The molecule has 6 nitrogen and oxygen atoms in total. The zero-order valence-corrected chi connectivity index (χ0v) is 15.3. The molecule has 7 heteroatoms. The third-order valence-corrected chi connectivity index (χ3v) is 4.44. The number of hydrogen-bond acceptors (Lipinski definition) is 4. The fraction of sp³-hybridized carbons (Fsp3) is 0.0455. The van der Waals surface area contributed by atoms with E-state index in [1.165, 1.54) is 41.4 Å². The van der Waals surface area contributed by atoms with Crippen LogP contribution in [0.25, 0.3) is 17.4 Å². The molecule has 1 amide bonds. The van der Waals surface area contributed by atoms with Gasteiger partial charge in [0, 0.05) is 5.56 Å². The van der Waals surface area contributed by atoms with Gasteiger partial charge in [-0.25, -0.2) is 9.18 Å². The molecule has 1 aliphatic heterocycles. The van der Waals surface area contributed by atoms with Gasteiger partial charge in [-0.05, 0) is 61.5 Å². The maximum atomic E-state index is 13.1. The van der Waals surface area contributed by atoms with Gasteiger partial charge >= 0.3 is 5.97 Å². The molecular formula is C22H15FN2O4. The van der Waals surface area contributed by atoms with Crippen LogP contribution in [0.15, 0.2) is 75.8 Å². The summed E-state index contributed by atoms with van der Waals surface area (Å²) in [6.45, 7) is 1.70. The van der Waals surface area contributed by atoms with Crippen LogP contribution in [0, 0.1) is 5.82 Å². The molecule has 2 aromatic carbocycles. The topological polar surface area (TPSA) is 83.1 Å². The van der Waals surface area contributed by atoms with Crippen molar-refractivity contribution < 1.29 is 23.5 Å². The van der Waals surface area contributed by atoms with Crippen molar-refractivity contribution in [1.82, 2.24) is 0 Å². The fourth-order valence-electron chi connectivity index (χ4n) is 2.97. The Bertz CT molecular complexity index is 1180. The number of carbonyl (C=O) groups excluding carboxylic acids is 1. The average Bonchev–Trinajstić information content (AvgIpc) is 3.29. The zero-order valence-electron chi connectivity index (χ0n) is 15.3. The first-order chi connectivity index (χ1) is 13.9. The lowest BCUT2D eigenvalue weighted by Gasteiger charge is -2.11. The highest BCUT2D eigenvalue weighted by Crippen LogP contribution is 2.28. The minimum atomic E-state index is -1.02. The van der Waals surface area contributed by atoms with E-state index in [1.807, 2.05) is 0 Å². The van der Waals surface area contributed by atoms with E-state index < -0.39 is 11.8 Å². The van der Waals surface area contributed by atoms with Gasteiger partial charge in [-0.3, -0.25) is 4.79 Å². The van der Waals surface area contributed by atoms with Crippen LogP contribution in [0.5, 0.6) is 0 Å². The van der Waals surface area contributed by atoms with Gasteiger partial charge in [0.05, 0.1) is 22.5 Å². The van der Waals surface area contributed by atoms with Gasteiger partial charge in [0.2, 0.25) is 0 Å². The number of hydrazone groups is 1. The van der Waals surface area contributed by atoms with E-state index in [1.54, 1.807) is 37.3 Å². The normalized spacial score (nSPS) is 15.1. The number of amides is 1. The van der Waals surface area contributed by atoms with E-state index in [9.17, 15) is 14.0 Å². The summed E-state index contributed by atoms with van der Waals surface area (Å²) in [5, 5.41) is 14.6. The third kappa shape index (κ3) is 3.58. The highest BCUT2D eigenvalue weighted by molar-refractivity contribution is 6.32. The Labute approximate surface area is 165 Å². The number of aromatic carboxylic acids is 1. The van der Waals surface area contributed by atoms with Gasteiger partial charge < -0.3 is 9.52 Å². The molecular weight excluding hydrogens is 375 g/mol. The molecule has 0 bridgehead atoms. The molecule has 1 N–H and O–H groups in total. The molecule has 1 aliphatic rings. The molecule has 29 heavy (non-hydrogen) atoms. The lowest BCUT2D eigenvalue weighted by molar-refractivity contribution is -0.114. The Morgan fingerprint density at radius 2 is 1.90 bits per heavy atom. The van der Waals surface area contributed by atoms with Crippen LogP contribution in [0.1, 0.15) is 23.0 Å². The van der Waals surface area contributed by atoms with Crippen LogP contribution < -0.4 is 5.01 Å². The highest BCUT2D eigenvalue weighted by Gasteiger charge is 2.29. The van der Waals surface area contributed by atoms with Crippen molar-refractivity contribution in [3.05, 3.63) is 83.4 Å². The smallest absolute Gasteiger partial charge is 0.335 e. The predicted molar refractivity (Wildman–Crippen MR) is 106 cm³/mol. The Hall–Kier alpha value is -4.00. The van der Waals surface area contributed by atoms with Gasteiger partial charge in [0.15, 0.2) is 0 Å². The predicted octanol–water partition coefficient (Wildman–Crippen LogP) is 4.59. The average molecular weight is 390 g/mol. The molecule has 0 atom stereocenters. The summed E-state index contributed by atoms with van der Waals surface area (Å²) in [5.41, 5.74) is 2.10. The van der Waals surface area contributed by atoms with E-state index in [-0.39, 0.29) is 11.5 Å². The summed E-state index contributed by atoms with van der Waals surface area (Å²) in [4.78, 5) is 23.9. The molecule has 0 saturated carbocycles. The summed E-state index contributed by atoms with van der Waals surface area (Å²) in [5.74, 6) is -0.855. The first kappa shape index (κ1) is 18.4. The SMILES string of the molecule is CC1=NN(c2ccc(F)cc2)C(=O)/C1=C\c1ccc(-c2cccc(C(=O)O)c2)o1. The van der Waals surface area contributed by atoms with Crippen LogP contribution in [-0.2, 0) is 4.79 Å². The number of carboxylic acid groups (broad SMARTS) is 1. The molecule has 0 fully saturated rings. The Morgan fingerprint density at radius 3 is 2.62 bits per heavy atom. The van der Waals surface area contributed by atoms with Gasteiger partial charge in [0.1, 0.15) is 17.3 Å². The molecule has 0 aliphatic carbocycles. The van der Waals surface area contributed by atoms with Crippen LogP contribution in [0.3, 0.4) is 0 Å². The number of carbonyl (C=O) groups is 2. The standard InChI is InChI=1S/C22H15FN2O4/c1-13-19(21(26)25(24-13)17-7-5-16(23)6-8-17)12-18-9-10-20(29-18)14-3-2-4-15(11-14)22(27)28/h2-12H,1H3,(H,27,28)/b19-12-. The summed E-state index contributed by atoms with van der Waals surface area (Å²) < 4.78 is 18.9. The fourth-order valence-corrected chi connectivity index (χ4v) is 2.97. The van der Waals surface area contributed by atoms with Crippen molar-refractivity contribution in [1.29, 1.82) is 0 Å². The van der Waals surface area contributed by atoms with Gasteiger partial charge in [0.25, 0.3) is 5.91 Å². The molecule has 3 aromatic rings. The molecule has 2 heterocycles. The second-order valence-electron chi connectivity index (χ2n) is 6.42. The minimum absolute atomic E-state index is 0.155. The molecule has 0 saturated heterocycles. The number of anilines is 1.